The van der Waals surface area contributed by atoms with Crippen molar-refractivity contribution in [1.82, 2.24) is 15.0 Å². The predicted molar refractivity (Wildman–Crippen MR) is 105 cm³/mol. The number of ether oxygens (including phenoxy) is 1. The smallest absolute Gasteiger partial charge is 0.254 e. The molecule has 0 unspecified atom stereocenters. The third-order valence-electron chi connectivity index (χ3n) is 5.87. The number of amides is 1. The third-order valence-corrected chi connectivity index (χ3v) is 5.87. The van der Waals surface area contributed by atoms with Crippen LogP contribution in [-0.2, 0) is 0 Å². The Hall–Kier alpha value is -3.29. The minimum Gasteiger partial charge on any atom is -0.474 e. The van der Waals surface area contributed by atoms with Gasteiger partial charge in [-0.15, -0.1) is 0 Å². The van der Waals surface area contributed by atoms with Gasteiger partial charge in [0.05, 0.1) is 5.52 Å². The van der Waals surface area contributed by atoms with Gasteiger partial charge in [-0.25, -0.2) is 19.3 Å². The van der Waals surface area contributed by atoms with E-state index in [1.165, 1.54) is 12.1 Å². The van der Waals surface area contributed by atoms with E-state index in [2.05, 4.69) is 20.3 Å². The molecule has 2 aromatic heterocycles. The Morgan fingerprint density at radius 3 is 2.83 bits per heavy atom. The zero-order valence-electron chi connectivity index (χ0n) is 15.6. The van der Waals surface area contributed by atoms with Gasteiger partial charge in [0.25, 0.3) is 5.91 Å². The van der Waals surface area contributed by atoms with E-state index in [1.807, 2.05) is 0 Å². The van der Waals surface area contributed by atoms with Crippen molar-refractivity contribution in [2.45, 2.75) is 37.8 Å². The predicted octanol–water partition coefficient (Wildman–Crippen LogP) is 3.06. The van der Waals surface area contributed by atoms with E-state index < -0.39 is 5.91 Å². The highest BCUT2D eigenvalue weighted by atomic mass is 19.1. The molecule has 8 heteroatoms. The number of primary amides is 1. The second-order valence-corrected chi connectivity index (χ2v) is 8.01. The minimum atomic E-state index is -0.537. The normalized spacial score (nSPS) is 25.3. The van der Waals surface area contributed by atoms with Crippen LogP contribution < -0.4 is 15.8 Å². The van der Waals surface area contributed by atoms with Gasteiger partial charge >= 0.3 is 0 Å². The summed E-state index contributed by atoms with van der Waals surface area (Å²) in [7, 11) is 0. The highest BCUT2D eigenvalue weighted by molar-refractivity contribution is 5.94. The number of pyridine rings is 1. The number of aromatic nitrogens is 3. The van der Waals surface area contributed by atoms with E-state index in [4.69, 9.17) is 10.5 Å². The molecule has 148 valence electrons. The zero-order valence-corrected chi connectivity index (χ0v) is 15.6. The fourth-order valence-corrected chi connectivity index (χ4v) is 4.49. The summed E-state index contributed by atoms with van der Waals surface area (Å²) in [5.41, 5.74) is 6.54. The number of nitrogens with zero attached hydrogens (tertiary/aromatic N) is 3. The molecular formula is C21H20FN5O2. The standard InChI is InChI=1S/C21H20FN5O2/c22-13-4-3-12-11-25-20(27-17(12)6-13)26-14-7-21(8-14)9-15(10-21)29-19-16(18(23)28)2-1-5-24-19/h1-6,11,14-15H,7-10H2,(H2,23,28)(H,25,26,27). The van der Waals surface area contributed by atoms with Crippen LogP contribution in [-0.4, -0.2) is 33.0 Å². The quantitative estimate of drug-likeness (QED) is 0.691. The maximum atomic E-state index is 13.4. The molecule has 1 spiro atoms. The lowest BCUT2D eigenvalue weighted by Gasteiger charge is -2.57. The molecule has 0 atom stereocenters. The number of rotatable bonds is 5. The number of benzene rings is 1. The first-order chi connectivity index (χ1) is 14.0. The fraction of sp³-hybridized carbons (Fsp3) is 0.333. The molecule has 1 amide bonds. The van der Waals surface area contributed by atoms with E-state index in [0.29, 0.717) is 22.9 Å². The lowest BCUT2D eigenvalue weighted by molar-refractivity contribution is -0.0760. The molecule has 3 N–H and O–H groups in total. The van der Waals surface area contributed by atoms with Gasteiger partial charge in [-0.1, -0.05) is 0 Å². The lowest BCUT2D eigenvalue weighted by Crippen LogP contribution is -2.56. The van der Waals surface area contributed by atoms with Crippen LogP contribution >= 0.6 is 0 Å². The molecule has 2 aliphatic carbocycles. The van der Waals surface area contributed by atoms with Crippen LogP contribution in [0.2, 0.25) is 0 Å². The van der Waals surface area contributed by atoms with E-state index >= 15 is 0 Å². The molecule has 7 nitrogen and oxygen atoms in total. The van der Waals surface area contributed by atoms with Crippen molar-refractivity contribution >= 4 is 22.8 Å². The summed E-state index contributed by atoms with van der Waals surface area (Å²) in [5.74, 6) is -0.0109. The number of anilines is 1. The number of nitrogens with one attached hydrogen (secondary N) is 1. The van der Waals surface area contributed by atoms with Gasteiger partial charge in [0.2, 0.25) is 11.8 Å². The number of hydrogen-bond acceptors (Lipinski definition) is 6. The number of nitrogens with two attached hydrogens (primary N) is 1. The molecular weight excluding hydrogens is 373 g/mol. The van der Waals surface area contributed by atoms with Gasteiger partial charge < -0.3 is 15.8 Å². The van der Waals surface area contributed by atoms with Crippen molar-refractivity contribution in [1.29, 1.82) is 0 Å². The second kappa shape index (κ2) is 6.65. The zero-order chi connectivity index (χ0) is 20.0. The molecule has 0 saturated heterocycles. The number of halogens is 1. The molecule has 29 heavy (non-hydrogen) atoms. The Labute approximate surface area is 166 Å². The maximum Gasteiger partial charge on any atom is 0.254 e. The SMILES string of the molecule is NC(=O)c1cccnc1OC1CC2(CC(Nc3ncc4ccc(F)cc4n3)C2)C1. The summed E-state index contributed by atoms with van der Waals surface area (Å²) in [5, 5.41) is 4.15. The Kier molecular flexibility index (Phi) is 4.08. The number of carbonyl (C=O) groups is 1. The van der Waals surface area contributed by atoms with Crippen molar-refractivity contribution < 1.29 is 13.9 Å². The highest BCUT2D eigenvalue weighted by Crippen LogP contribution is 2.57. The lowest BCUT2D eigenvalue weighted by atomic mass is 9.53. The molecule has 2 fully saturated rings. The van der Waals surface area contributed by atoms with Crippen LogP contribution in [0.4, 0.5) is 10.3 Å². The average molecular weight is 393 g/mol. The number of carbonyl (C=O) groups excluding carboxylic acids is 1. The van der Waals surface area contributed by atoms with Crippen LogP contribution in [0.1, 0.15) is 36.0 Å². The third kappa shape index (κ3) is 3.35. The average Bonchev–Trinajstić information content (AvgIpc) is 2.64. The van der Waals surface area contributed by atoms with Crippen LogP contribution in [0, 0.1) is 11.2 Å². The van der Waals surface area contributed by atoms with Crippen LogP contribution in [0.15, 0.2) is 42.7 Å². The van der Waals surface area contributed by atoms with Crippen molar-refractivity contribution in [3.63, 3.8) is 0 Å². The van der Waals surface area contributed by atoms with E-state index in [0.717, 1.165) is 31.1 Å². The van der Waals surface area contributed by atoms with Gasteiger partial charge in [-0.2, -0.15) is 0 Å². The molecule has 0 bridgehead atoms. The Balaban J connectivity index is 1.16. The van der Waals surface area contributed by atoms with Crippen LogP contribution in [0.5, 0.6) is 5.88 Å². The molecule has 5 rings (SSSR count). The van der Waals surface area contributed by atoms with Crippen LogP contribution in [0.3, 0.4) is 0 Å². The molecule has 0 aliphatic heterocycles. The summed E-state index contributed by atoms with van der Waals surface area (Å²) >= 11 is 0. The number of hydrogen-bond donors (Lipinski definition) is 2. The summed E-state index contributed by atoms with van der Waals surface area (Å²) in [6, 6.07) is 8.07. The second-order valence-electron chi connectivity index (χ2n) is 8.01. The van der Waals surface area contributed by atoms with Gasteiger partial charge in [0.15, 0.2) is 0 Å². The Morgan fingerprint density at radius 2 is 2.03 bits per heavy atom. The van der Waals surface area contributed by atoms with Gasteiger partial charge in [0, 0.05) is 29.9 Å². The van der Waals surface area contributed by atoms with Crippen molar-refractivity contribution in [3.05, 3.63) is 54.1 Å². The van der Waals surface area contributed by atoms with Gasteiger partial charge in [0.1, 0.15) is 17.5 Å². The molecule has 3 aromatic rings. The molecule has 1 aromatic carbocycles. The Morgan fingerprint density at radius 1 is 1.21 bits per heavy atom. The van der Waals surface area contributed by atoms with Gasteiger partial charge in [-0.3, -0.25) is 4.79 Å². The van der Waals surface area contributed by atoms with E-state index in [9.17, 15) is 9.18 Å². The number of fused-ring (bicyclic) bond motifs is 1. The minimum absolute atomic E-state index is 0.0452. The van der Waals surface area contributed by atoms with Crippen LogP contribution in [0.25, 0.3) is 10.9 Å². The topological polar surface area (TPSA) is 103 Å². The van der Waals surface area contributed by atoms with Gasteiger partial charge in [-0.05, 0) is 55.4 Å². The van der Waals surface area contributed by atoms with Crippen molar-refractivity contribution in [2.75, 3.05) is 5.32 Å². The van der Waals surface area contributed by atoms with Crippen molar-refractivity contribution in [3.8, 4) is 5.88 Å². The first kappa shape index (κ1) is 17.8. The van der Waals surface area contributed by atoms with E-state index in [1.54, 1.807) is 30.6 Å². The van der Waals surface area contributed by atoms with E-state index in [-0.39, 0.29) is 23.4 Å². The summed E-state index contributed by atoms with van der Waals surface area (Å²) in [6.07, 6.45) is 7.19. The summed E-state index contributed by atoms with van der Waals surface area (Å²) < 4.78 is 19.3. The molecule has 2 saturated carbocycles. The first-order valence-corrected chi connectivity index (χ1v) is 9.60. The molecule has 2 aliphatic rings. The Bertz CT molecular complexity index is 1090. The molecule has 0 radical (unpaired) electrons. The monoisotopic (exact) mass is 393 g/mol. The largest absolute Gasteiger partial charge is 0.474 e. The summed E-state index contributed by atoms with van der Waals surface area (Å²) in [6.45, 7) is 0. The highest BCUT2D eigenvalue weighted by Gasteiger charge is 2.54. The summed E-state index contributed by atoms with van der Waals surface area (Å²) in [4.78, 5) is 24.4. The van der Waals surface area contributed by atoms with Crippen molar-refractivity contribution in [2.24, 2.45) is 11.1 Å². The fourth-order valence-electron chi connectivity index (χ4n) is 4.49. The molecule has 2 heterocycles. The first-order valence-electron chi connectivity index (χ1n) is 9.60. The maximum absolute atomic E-state index is 13.4.